The zero-order valence-electron chi connectivity index (χ0n) is 9.56. The van der Waals surface area contributed by atoms with Crippen molar-refractivity contribution < 1.29 is 15.1 Å². The van der Waals surface area contributed by atoms with Crippen molar-refractivity contribution in [3.8, 4) is 5.88 Å². The van der Waals surface area contributed by atoms with E-state index in [1.807, 2.05) is 0 Å². The van der Waals surface area contributed by atoms with Crippen LogP contribution in [0.25, 0.3) is 0 Å². The maximum Gasteiger partial charge on any atom is 0.326 e. The summed E-state index contributed by atoms with van der Waals surface area (Å²) < 4.78 is 0. The molecule has 0 aliphatic carbocycles. The lowest BCUT2D eigenvalue weighted by Crippen LogP contribution is -2.31. The molecule has 0 aliphatic heterocycles. The van der Waals surface area contributed by atoms with Gasteiger partial charge >= 0.3 is 5.69 Å². The molecule has 0 spiro atoms. The lowest BCUT2D eigenvalue weighted by molar-refractivity contribution is -0.562. The Balaban J connectivity index is 2.68. The number of H-pyrrole nitrogens is 2. The predicted octanol–water partition coefficient (Wildman–Crippen LogP) is 0.278. The van der Waals surface area contributed by atoms with Gasteiger partial charge in [-0.2, -0.15) is 0 Å². The second-order valence-corrected chi connectivity index (χ2v) is 4.47. The number of hydrogen-bond acceptors (Lipinski definition) is 5. The van der Waals surface area contributed by atoms with Gasteiger partial charge in [0.2, 0.25) is 11.4 Å². The van der Waals surface area contributed by atoms with Crippen LogP contribution in [-0.2, 0) is 0 Å². The highest BCUT2D eigenvalue weighted by Gasteiger charge is 2.31. The van der Waals surface area contributed by atoms with Gasteiger partial charge in [-0.15, -0.1) is 0 Å². The molecule has 8 heteroatoms. The standard InChI is InChI=1S/C9H15N3O5/c1-9(2,12(16)17)4-3-5(13)6-7(14)11-8(15)10-6/h5,13-14H,3-4H2,1-2H3,(H2,10,11,15). The van der Waals surface area contributed by atoms with Crippen molar-refractivity contribution in [3.63, 3.8) is 0 Å². The number of aromatic hydroxyl groups is 1. The number of hydrogen-bond donors (Lipinski definition) is 4. The van der Waals surface area contributed by atoms with Crippen molar-refractivity contribution in [1.82, 2.24) is 9.97 Å². The Hall–Kier alpha value is -1.83. The summed E-state index contributed by atoms with van der Waals surface area (Å²) in [5.74, 6) is -0.443. The number of aliphatic hydroxyl groups excluding tert-OH is 1. The molecular formula is C9H15N3O5. The lowest BCUT2D eigenvalue weighted by atomic mass is 9.96. The minimum atomic E-state index is -1.16. The summed E-state index contributed by atoms with van der Waals surface area (Å²) in [7, 11) is 0. The summed E-state index contributed by atoms with van der Waals surface area (Å²) in [6.45, 7) is 2.89. The van der Waals surface area contributed by atoms with Gasteiger partial charge in [0.15, 0.2) is 0 Å². The van der Waals surface area contributed by atoms with Gasteiger partial charge in [0.25, 0.3) is 0 Å². The molecule has 0 amide bonds. The molecule has 96 valence electrons. The zero-order chi connectivity index (χ0) is 13.2. The molecule has 8 nitrogen and oxygen atoms in total. The highest BCUT2D eigenvalue weighted by atomic mass is 16.6. The molecule has 0 fully saturated rings. The Morgan fingerprint density at radius 2 is 2.06 bits per heavy atom. The van der Waals surface area contributed by atoms with Gasteiger partial charge in [-0.1, -0.05) is 0 Å². The van der Waals surface area contributed by atoms with Crippen LogP contribution in [0.2, 0.25) is 0 Å². The maximum absolute atomic E-state index is 10.8. The number of nitrogens with one attached hydrogen (secondary N) is 2. The van der Waals surface area contributed by atoms with Crippen LogP contribution in [0, 0.1) is 10.1 Å². The quantitative estimate of drug-likeness (QED) is 0.436. The third-order valence-corrected chi connectivity index (χ3v) is 2.59. The van der Waals surface area contributed by atoms with E-state index in [1.54, 1.807) is 0 Å². The number of aliphatic hydroxyl groups is 1. The predicted molar refractivity (Wildman–Crippen MR) is 58.3 cm³/mol. The minimum absolute atomic E-state index is 0.0471. The molecular weight excluding hydrogens is 230 g/mol. The molecule has 1 aromatic rings. The number of rotatable bonds is 5. The van der Waals surface area contributed by atoms with Crippen LogP contribution < -0.4 is 5.69 Å². The monoisotopic (exact) mass is 245 g/mol. The Kier molecular flexibility index (Phi) is 3.56. The highest BCUT2D eigenvalue weighted by Crippen LogP contribution is 2.26. The highest BCUT2D eigenvalue weighted by molar-refractivity contribution is 5.18. The van der Waals surface area contributed by atoms with Gasteiger partial charge in [0.1, 0.15) is 5.69 Å². The summed E-state index contributed by atoms with van der Waals surface area (Å²) in [6, 6.07) is 0. The van der Waals surface area contributed by atoms with Crippen LogP contribution in [0.3, 0.4) is 0 Å². The van der Waals surface area contributed by atoms with Crippen LogP contribution in [-0.4, -0.2) is 30.6 Å². The molecule has 1 heterocycles. The van der Waals surface area contributed by atoms with E-state index in [-0.39, 0.29) is 18.5 Å². The van der Waals surface area contributed by atoms with Gasteiger partial charge in [0, 0.05) is 25.2 Å². The first-order valence-electron chi connectivity index (χ1n) is 5.08. The summed E-state index contributed by atoms with van der Waals surface area (Å²) in [4.78, 5) is 25.3. The van der Waals surface area contributed by atoms with Crippen LogP contribution in [0.5, 0.6) is 5.88 Å². The van der Waals surface area contributed by atoms with Gasteiger partial charge in [-0.05, 0) is 6.42 Å². The molecule has 0 aromatic carbocycles. The van der Waals surface area contributed by atoms with E-state index in [0.29, 0.717) is 0 Å². The van der Waals surface area contributed by atoms with E-state index in [9.17, 15) is 25.1 Å². The molecule has 0 radical (unpaired) electrons. The van der Waals surface area contributed by atoms with E-state index >= 15 is 0 Å². The first-order chi connectivity index (χ1) is 7.74. The Morgan fingerprint density at radius 3 is 2.47 bits per heavy atom. The lowest BCUT2D eigenvalue weighted by Gasteiger charge is -2.17. The minimum Gasteiger partial charge on any atom is -0.493 e. The third-order valence-electron chi connectivity index (χ3n) is 2.59. The van der Waals surface area contributed by atoms with Crippen molar-refractivity contribution in [2.75, 3.05) is 0 Å². The van der Waals surface area contributed by atoms with Crippen LogP contribution >= 0.6 is 0 Å². The molecule has 0 bridgehead atoms. The number of aromatic amines is 2. The Bertz CT molecular complexity index is 461. The molecule has 0 aliphatic rings. The fraction of sp³-hybridized carbons (Fsp3) is 0.667. The number of aromatic nitrogens is 2. The van der Waals surface area contributed by atoms with Crippen LogP contribution in [0.15, 0.2) is 4.79 Å². The number of nitro groups is 1. The first kappa shape index (κ1) is 13.2. The number of imidazole rings is 1. The van der Waals surface area contributed by atoms with Crippen molar-refractivity contribution >= 4 is 0 Å². The Labute approximate surface area is 96.5 Å². The Morgan fingerprint density at radius 1 is 1.47 bits per heavy atom. The van der Waals surface area contributed by atoms with Gasteiger partial charge in [-0.25, -0.2) is 4.79 Å². The fourth-order valence-electron chi connectivity index (χ4n) is 1.35. The summed E-state index contributed by atoms with van der Waals surface area (Å²) >= 11 is 0. The molecule has 4 N–H and O–H groups in total. The average molecular weight is 245 g/mol. The molecule has 1 unspecified atom stereocenters. The average Bonchev–Trinajstić information content (AvgIpc) is 2.54. The van der Waals surface area contributed by atoms with Crippen molar-refractivity contribution in [1.29, 1.82) is 0 Å². The molecule has 17 heavy (non-hydrogen) atoms. The van der Waals surface area contributed by atoms with Crippen molar-refractivity contribution in [3.05, 3.63) is 26.3 Å². The maximum atomic E-state index is 10.8. The normalized spacial score (nSPS) is 13.6. The third kappa shape index (κ3) is 3.06. The molecule has 1 rings (SSSR count). The smallest absolute Gasteiger partial charge is 0.326 e. The summed E-state index contributed by atoms with van der Waals surface area (Å²) in [5.41, 5.74) is -1.84. The van der Waals surface area contributed by atoms with Gasteiger partial charge < -0.3 is 15.2 Å². The fourth-order valence-corrected chi connectivity index (χ4v) is 1.35. The first-order valence-corrected chi connectivity index (χ1v) is 5.08. The van der Waals surface area contributed by atoms with Crippen LogP contribution in [0.1, 0.15) is 38.5 Å². The zero-order valence-corrected chi connectivity index (χ0v) is 9.56. The molecule has 0 saturated heterocycles. The van der Waals surface area contributed by atoms with E-state index in [0.717, 1.165) is 0 Å². The summed E-state index contributed by atoms with van der Waals surface area (Å²) in [6.07, 6.45) is -0.962. The second-order valence-electron chi connectivity index (χ2n) is 4.47. The largest absolute Gasteiger partial charge is 0.493 e. The van der Waals surface area contributed by atoms with E-state index in [1.165, 1.54) is 13.8 Å². The van der Waals surface area contributed by atoms with Gasteiger partial charge in [-0.3, -0.25) is 15.1 Å². The van der Waals surface area contributed by atoms with E-state index < -0.39 is 28.1 Å². The second kappa shape index (κ2) is 4.58. The SMILES string of the molecule is CC(C)(CCC(O)c1[nH]c(=O)[nH]c1O)[N+](=O)[O-]. The summed E-state index contributed by atoms with van der Waals surface area (Å²) in [5, 5.41) is 29.6. The van der Waals surface area contributed by atoms with E-state index in [4.69, 9.17) is 0 Å². The van der Waals surface area contributed by atoms with Crippen molar-refractivity contribution in [2.24, 2.45) is 0 Å². The number of nitrogens with zero attached hydrogens (tertiary/aromatic N) is 1. The van der Waals surface area contributed by atoms with E-state index in [2.05, 4.69) is 9.97 Å². The topological polar surface area (TPSA) is 132 Å². The molecule has 0 saturated carbocycles. The van der Waals surface area contributed by atoms with Crippen molar-refractivity contribution in [2.45, 2.75) is 38.3 Å². The van der Waals surface area contributed by atoms with Gasteiger partial charge in [0.05, 0.1) is 6.10 Å². The molecule has 1 aromatic heterocycles. The molecule has 1 atom stereocenters. The van der Waals surface area contributed by atoms with Crippen LogP contribution in [0.4, 0.5) is 0 Å².